The summed E-state index contributed by atoms with van der Waals surface area (Å²) in [5, 5.41) is 29.8. The van der Waals surface area contributed by atoms with E-state index in [1.165, 1.54) is 41.7 Å². The summed E-state index contributed by atoms with van der Waals surface area (Å²) in [6, 6.07) is 33.1. The quantitative estimate of drug-likeness (QED) is 0.0639. The van der Waals surface area contributed by atoms with Gasteiger partial charge in [0.2, 0.25) is 17.7 Å². The number of phenolic OH excluding ortho intramolecular Hbond substituents is 2. The molecular weight excluding hydrogens is 612 g/mol. The first kappa shape index (κ1) is 32.6. The van der Waals surface area contributed by atoms with Gasteiger partial charge in [0.15, 0.2) is 16.6 Å². The first-order valence-corrected chi connectivity index (χ1v) is 15.9. The topological polar surface area (TPSA) is 141 Å². The van der Waals surface area contributed by atoms with Crippen LogP contribution in [0.1, 0.15) is 35.1 Å². The van der Waals surface area contributed by atoms with E-state index in [9.17, 15) is 24.6 Å². The Morgan fingerprint density at radius 3 is 1.94 bits per heavy atom. The van der Waals surface area contributed by atoms with Gasteiger partial charge in [0.25, 0.3) is 0 Å². The van der Waals surface area contributed by atoms with Crippen molar-refractivity contribution < 1.29 is 24.6 Å². The molecule has 0 spiro atoms. The van der Waals surface area contributed by atoms with Gasteiger partial charge in [0, 0.05) is 30.6 Å². The molecule has 0 aliphatic carbocycles. The maximum atomic E-state index is 13.5. The van der Waals surface area contributed by atoms with Crippen molar-refractivity contribution in [2.24, 2.45) is 0 Å². The summed E-state index contributed by atoms with van der Waals surface area (Å²) in [5.41, 5.74) is 2.82. The lowest BCUT2D eigenvalue weighted by Crippen LogP contribution is -2.45. The molecule has 3 amide bonds. The molecule has 1 heterocycles. The number of amides is 3. The van der Waals surface area contributed by atoms with E-state index in [0.717, 1.165) is 16.7 Å². The first-order valence-electron chi connectivity index (χ1n) is 15.0. The van der Waals surface area contributed by atoms with Gasteiger partial charge in [-0.3, -0.25) is 14.4 Å². The second kappa shape index (κ2) is 15.5. The average Bonchev–Trinajstić information content (AvgIpc) is 3.62. The minimum Gasteiger partial charge on any atom is -0.504 e. The third kappa shape index (κ3) is 8.30. The Hall–Kier alpha value is -5.74. The van der Waals surface area contributed by atoms with Crippen molar-refractivity contribution in [1.29, 1.82) is 0 Å². The number of anilines is 1. The van der Waals surface area contributed by atoms with Crippen LogP contribution in [0.4, 0.5) is 5.13 Å². The molecule has 9 nitrogen and oxygen atoms in total. The molecule has 0 saturated heterocycles. The molecule has 0 saturated carbocycles. The number of nitrogens with one attached hydrogen (secondary N) is 3. The van der Waals surface area contributed by atoms with Crippen LogP contribution in [0.15, 0.2) is 127 Å². The van der Waals surface area contributed by atoms with Crippen molar-refractivity contribution in [2.45, 2.75) is 24.3 Å². The molecule has 0 aliphatic rings. The molecule has 0 bridgehead atoms. The van der Waals surface area contributed by atoms with E-state index in [-0.39, 0.29) is 36.8 Å². The highest BCUT2D eigenvalue weighted by Gasteiger charge is 2.36. The SMILES string of the molecule is O=C(/C=C/c1ccc(O)c(O)c1)N[C@@H](CCC(=O)NCC(c1ccccc1)(c1ccccc1)c1ccccc1)C(=O)Nc1nccs1. The molecule has 5 aromatic rings. The number of carbonyl (C=O) groups excluding carboxylic acids is 3. The zero-order chi connectivity index (χ0) is 33.1. The van der Waals surface area contributed by atoms with Crippen LogP contribution in [0.3, 0.4) is 0 Å². The molecule has 0 fully saturated rings. The van der Waals surface area contributed by atoms with E-state index in [2.05, 4.69) is 20.9 Å². The summed E-state index contributed by atoms with van der Waals surface area (Å²) in [6.45, 7) is 0.258. The van der Waals surface area contributed by atoms with Crippen molar-refractivity contribution >= 4 is 40.3 Å². The highest BCUT2D eigenvalue weighted by Crippen LogP contribution is 2.38. The number of aromatic hydroxyl groups is 2. The van der Waals surface area contributed by atoms with Crippen LogP contribution >= 0.6 is 11.3 Å². The molecule has 1 atom stereocenters. The molecule has 0 aliphatic heterocycles. The van der Waals surface area contributed by atoms with Crippen molar-refractivity contribution in [2.75, 3.05) is 11.9 Å². The predicted octanol–water partition coefficient (Wildman–Crippen LogP) is 5.62. The molecule has 238 valence electrons. The number of thiazole rings is 1. The minimum atomic E-state index is -1.04. The Balaban J connectivity index is 1.32. The highest BCUT2D eigenvalue weighted by atomic mass is 32.1. The Labute approximate surface area is 276 Å². The van der Waals surface area contributed by atoms with Gasteiger partial charge in [-0.05, 0) is 46.9 Å². The largest absolute Gasteiger partial charge is 0.504 e. The first-order chi connectivity index (χ1) is 22.8. The zero-order valence-electron chi connectivity index (χ0n) is 25.4. The van der Waals surface area contributed by atoms with Crippen molar-refractivity contribution in [3.8, 4) is 11.5 Å². The highest BCUT2D eigenvalue weighted by molar-refractivity contribution is 7.13. The van der Waals surface area contributed by atoms with E-state index in [1.54, 1.807) is 11.6 Å². The lowest BCUT2D eigenvalue weighted by molar-refractivity contribution is -0.125. The Bertz CT molecular complexity index is 1720. The molecule has 10 heteroatoms. The molecule has 4 aromatic carbocycles. The van der Waals surface area contributed by atoms with Gasteiger partial charge < -0.3 is 26.2 Å². The van der Waals surface area contributed by atoms with Gasteiger partial charge in [-0.15, -0.1) is 11.3 Å². The smallest absolute Gasteiger partial charge is 0.248 e. The number of hydrogen-bond donors (Lipinski definition) is 5. The Morgan fingerprint density at radius 2 is 1.40 bits per heavy atom. The number of aromatic nitrogens is 1. The monoisotopic (exact) mass is 646 g/mol. The third-order valence-corrected chi connectivity index (χ3v) is 8.42. The second-order valence-corrected chi connectivity index (χ2v) is 11.7. The van der Waals surface area contributed by atoms with Crippen LogP contribution in [-0.4, -0.2) is 45.5 Å². The van der Waals surface area contributed by atoms with Gasteiger partial charge in [0.05, 0.1) is 5.41 Å². The molecule has 5 N–H and O–H groups in total. The van der Waals surface area contributed by atoms with E-state index < -0.39 is 23.3 Å². The average molecular weight is 647 g/mol. The maximum absolute atomic E-state index is 13.5. The summed E-state index contributed by atoms with van der Waals surface area (Å²) in [7, 11) is 0. The molecule has 5 rings (SSSR count). The summed E-state index contributed by atoms with van der Waals surface area (Å²) >= 11 is 1.23. The summed E-state index contributed by atoms with van der Waals surface area (Å²) in [5.74, 6) is -1.97. The van der Waals surface area contributed by atoms with E-state index in [1.807, 2.05) is 91.0 Å². The van der Waals surface area contributed by atoms with E-state index in [0.29, 0.717) is 10.7 Å². The van der Waals surface area contributed by atoms with Gasteiger partial charge >= 0.3 is 0 Å². The lowest BCUT2D eigenvalue weighted by atomic mass is 9.69. The number of benzene rings is 4. The number of nitrogens with zero attached hydrogens (tertiary/aromatic N) is 1. The summed E-state index contributed by atoms with van der Waals surface area (Å²) in [4.78, 5) is 43.6. The van der Waals surface area contributed by atoms with Crippen LogP contribution < -0.4 is 16.0 Å². The molecule has 0 unspecified atom stereocenters. The maximum Gasteiger partial charge on any atom is 0.248 e. The normalized spacial score (nSPS) is 11.9. The van der Waals surface area contributed by atoms with Crippen molar-refractivity contribution in [1.82, 2.24) is 15.6 Å². The van der Waals surface area contributed by atoms with E-state index >= 15 is 0 Å². The van der Waals surface area contributed by atoms with Gasteiger partial charge in [-0.25, -0.2) is 4.98 Å². The van der Waals surface area contributed by atoms with Crippen LogP contribution in [0.2, 0.25) is 0 Å². The number of rotatable bonds is 13. The van der Waals surface area contributed by atoms with Crippen LogP contribution in [0.5, 0.6) is 11.5 Å². The number of phenols is 2. The van der Waals surface area contributed by atoms with Gasteiger partial charge in [0.1, 0.15) is 6.04 Å². The van der Waals surface area contributed by atoms with Gasteiger partial charge in [-0.2, -0.15) is 0 Å². The molecular formula is C37H34N4O5S. The second-order valence-electron chi connectivity index (χ2n) is 10.8. The standard InChI is InChI=1S/C37H34N4O5S/c42-31-19-16-26(24-32(31)43)17-20-34(45)40-30(35(46)41-36-38-22-23-47-36)18-21-33(44)39-25-37(27-10-4-1-5-11-27,28-12-6-2-7-13-28)29-14-8-3-9-15-29/h1-17,19-20,22-24,30,42-43H,18,21,25H2,(H,39,44)(H,40,45)(H,38,41,46)/b20-17+/t30-/m0/s1. The molecule has 0 radical (unpaired) electrons. The van der Waals surface area contributed by atoms with Crippen LogP contribution in [0.25, 0.3) is 6.08 Å². The fourth-order valence-electron chi connectivity index (χ4n) is 5.35. The fourth-order valence-corrected chi connectivity index (χ4v) is 5.88. The number of carbonyl (C=O) groups is 3. The summed E-state index contributed by atoms with van der Waals surface area (Å²) in [6.07, 6.45) is 4.18. The predicted molar refractivity (Wildman–Crippen MR) is 183 cm³/mol. The van der Waals surface area contributed by atoms with Gasteiger partial charge in [-0.1, -0.05) is 97.1 Å². The Morgan fingerprint density at radius 1 is 0.809 bits per heavy atom. The van der Waals surface area contributed by atoms with Crippen molar-refractivity contribution in [3.63, 3.8) is 0 Å². The van der Waals surface area contributed by atoms with Crippen molar-refractivity contribution in [3.05, 3.63) is 149 Å². The number of hydrogen-bond acceptors (Lipinski definition) is 7. The molecule has 1 aromatic heterocycles. The van der Waals surface area contributed by atoms with Crippen LogP contribution in [0, 0.1) is 0 Å². The Kier molecular flexibility index (Phi) is 10.8. The van der Waals surface area contributed by atoms with E-state index in [4.69, 9.17) is 0 Å². The zero-order valence-corrected chi connectivity index (χ0v) is 26.2. The van der Waals surface area contributed by atoms with Crippen LogP contribution in [-0.2, 0) is 19.8 Å². The summed E-state index contributed by atoms with van der Waals surface area (Å²) < 4.78 is 0. The minimum absolute atomic E-state index is 0.0254. The molecule has 47 heavy (non-hydrogen) atoms. The third-order valence-electron chi connectivity index (χ3n) is 7.73. The lowest BCUT2D eigenvalue weighted by Gasteiger charge is -2.36. The fraction of sp³-hybridized carbons (Fsp3) is 0.135.